The number of fused-ring (bicyclic) bond motifs is 1. The first-order valence-electron chi connectivity index (χ1n) is 10.6. The van der Waals surface area contributed by atoms with Gasteiger partial charge in [0.2, 0.25) is 0 Å². The molecule has 0 aliphatic carbocycles. The highest BCUT2D eigenvalue weighted by molar-refractivity contribution is 5.92. The van der Waals surface area contributed by atoms with Crippen molar-refractivity contribution < 1.29 is 18.7 Å². The largest absolute Gasteiger partial charge is 0.462 e. The second-order valence-electron chi connectivity index (χ2n) is 7.26. The quantitative estimate of drug-likeness (QED) is 0.398. The third kappa shape index (κ3) is 5.17. The summed E-state index contributed by atoms with van der Waals surface area (Å²) < 4.78 is 20.3. The van der Waals surface area contributed by atoms with Crippen LogP contribution in [-0.4, -0.2) is 34.7 Å². The van der Waals surface area contributed by atoms with Crippen LogP contribution >= 0.6 is 0 Å². The van der Waals surface area contributed by atoms with Crippen molar-refractivity contribution in [2.45, 2.75) is 13.5 Å². The summed E-state index contributed by atoms with van der Waals surface area (Å²) in [5, 5.41) is 5.57. The smallest absolute Gasteiger partial charge is 0.338 e. The molecule has 4 aromatic rings. The first-order valence-corrected chi connectivity index (χ1v) is 10.6. The first-order chi connectivity index (χ1) is 16.0. The highest BCUT2D eigenvalue weighted by atomic mass is 19.1. The minimum atomic E-state index is -0.405. The number of para-hydroxylation sites is 2. The van der Waals surface area contributed by atoms with Gasteiger partial charge in [-0.2, -0.15) is 0 Å². The fourth-order valence-corrected chi connectivity index (χ4v) is 3.48. The molecule has 0 unspecified atom stereocenters. The van der Waals surface area contributed by atoms with Crippen LogP contribution in [0.3, 0.4) is 0 Å². The number of amides is 2. The lowest BCUT2D eigenvalue weighted by Gasteiger charge is -2.12. The number of nitrogens with zero attached hydrogens (tertiary/aromatic N) is 2. The number of hydrogen-bond donors (Lipinski definition) is 2. The predicted molar refractivity (Wildman–Crippen MR) is 125 cm³/mol. The molecule has 168 valence electrons. The Morgan fingerprint density at radius 1 is 1.00 bits per heavy atom. The molecule has 0 spiro atoms. The summed E-state index contributed by atoms with van der Waals surface area (Å²) in [6.07, 6.45) is 0. The van der Waals surface area contributed by atoms with Gasteiger partial charge in [-0.3, -0.25) is 0 Å². The van der Waals surface area contributed by atoms with E-state index in [0.717, 1.165) is 16.6 Å². The summed E-state index contributed by atoms with van der Waals surface area (Å²) in [6.45, 7) is 2.87. The van der Waals surface area contributed by atoms with Crippen LogP contribution in [0.1, 0.15) is 17.3 Å². The van der Waals surface area contributed by atoms with Crippen molar-refractivity contribution in [3.05, 3.63) is 84.2 Å². The van der Waals surface area contributed by atoms with Crippen molar-refractivity contribution in [1.82, 2.24) is 14.9 Å². The lowest BCUT2D eigenvalue weighted by Crippen LogP contribution is -2.31. The van der Waals surface area contributed by atoms with Gasteiger partial charge in [0.05, 0.1) is 23.2 Å². The standard InChI is InChI=1S/C25H23FN4O3/c1-2-33-24(31)18-9-13-20(14-10-18)28-25(32)27-15-16-30-22-6-4-3-5-21(22)29-23(30)17-7-11-19(26)12-8-17/h3-14H,2,15-16H2,1H3,(H2,27,28,32). The lowest BCUT2D eigenvalue weighted by molar-refractivity contribution is 0.0526. The van der Waals surface area contributed by atoms with Crippen LogP contribution in [0.15, 0.2) is 72.8 Å². The summed E-state index contributed by atoms with van der Waals surface area (Å²) in [4.78, 5) is 28.7. The Kier molecular flexibility index (Phi) is 6.64. The fraction of sp³-hybridized carbons (Fsp3) is 0.160. The van der Waals surface area contributed by atoms with Crippen LogP contribution in [0.4, 0.5) is 14.9 Å². The van der Waals surface area contributed by atoms with Crippen molar-refractivity contribution in [1.29, 1.82) is 0 Å². The van der Waals surface area contributed by atoms with Crippen molar-refractivity contribution in [2.24, 2.45) is 0 Å². The van der Waals surface area contributed by atoms with E-state index in [2.05, 4.69) is 15.6 Å². The van der Waals surface area contributed by atoms with Gasteiger partial charge in [-0.1, -0.05) is 12.1 Å². The zero-order valence-corrected chi connectivity index (χ0v) is 18.0. The van der Waals surface area contributed by atoms with Gasteiger partial charge >= 0.3 is 12.0 Å². The number of carbonyl (C=O) groups is 2. The van der Waals surface area contributed by atoms with E-state index < -0.39 is 5.97 Å². The number of esters is 1. The molecular formula is C25H23FN4O3. The van der Waals surface area contributed by atoms with E-state index in [-0.39, 0.29) is 11.8 Å². The highest BCUT2D eigenvalue weighted by Gasteiger charge is 2.13. The van der Waals surface area contributed by atoms with E-state index in [1.165, 1.54) is 12.1 Å². The Hall–Kier alpha value is -4.20. The number of urea groups is 1. The zero-order valence-electron chi connectivity index (χ0n) is 18.0. The first kappa shape index (κ1) is 22.0. The Morgan fingerprint density at radius 3 is 2.45 bits per heavy atom. The van der Waals surface area contributed by atoms with E-state index in [1.807, 2.05) is 28.8 Å². The zero-order chi connectivity index (χ0) is 23.2. The molecule has 33 heavy (non-hydrogen) atoms. The molecule has 0 saturated heterocycles. The van der Waals surface area contributed by atoms with Gasteiger partial charge < -0.3 is 19.9 Å². The van der Waals surface area contributed by atoms with Crippen molar-refractivity contribution in [3.63, 3.8) is 0 Å². The number of rotatable bonds is 7. The molecule has 1 aromatic heterocycles. The molecule has 0 radical (unpaired) electrons. The number of halogens is 1. The number of nitrogens with one attached hydrogen (secondary N) is 2. The molecule has 0 aliphatic rings. The molecule has 0 bridgehead atoms. The molecule has 1 heterocycles. The average Bonchev–Trinajstić information content (AvgIpc) is 3.19. The van der Waals surface area contributed by atoms with E-state index >= 15 is 0 Å². The second-order valence-corrected chi connectivity index (χ2v) is 7.26. The molecule has 8 heteroatoms. The SMILES string of the molecule is CCOC(=O)c1ccc(NC(=O)NCCn2c(-c3ccc(F)cc3)nc3ccccc32)cc1. The van der Waals surface area contributed by atoms with Gasteiger partial charge in [-0.15, -0.1) is 0 Å². The fourth-order valence-electron chi connectivity index (χ4n) is 3.48. The number of anilines is 1. The van der Waals surface area contributed by atoms with Gasteiger partial charge in [0.25, 0.3) is 0 Å². The van der Waals surface area contributed by atoms with Crippen LogP contribution < -0.4 is 10.6 Å². The van der Waals surface area contributed by atoms with Gasteiger partial charge in [0.15, 0.2) is 0 Å². The van der Waals surface area contributed by atoms with E-state index in [0.29, 0.717) is 36.8 Å². The summed E-state index contributed by atoms with van der Waals surface area (Å²) in [5.41, 5.74) is 3.51. The summed E-state index contributed by atoms with van der Waals surface area (Å²) in [5.74, 6) is -0.0129. The predicted octanol–water partition coefficient (Wildman–Crippen LogP) is 4.84. The van der Waals surface area contributed by atoms with Crippen LogP contribution in [0.2, 0.25) is 0 Å². The van der Waals surface area contributed by atoms with E-state index in [9.17, 15) is 14.0 Å². The van der Waals surface area contributed by atoms with Crippen LogP contribution in [0.5, 0.6) is 0 Å². The third-order valence-electron chi connectivity index (χ3n) is 5.03. The molecule has 0 atom stereocenters. The lowest BCUT2D eigenvalue weighted by atomic mass is 10.2. The minimum absolute atomic E-state index is 0.302. The molecule has 2 amide bonds. The number of hydrogen-bond acceptors (Lipinski definition) is 4. The Bertz CT molecular complexity index is 1270. The number of ether oxygens (including phenoxy) is 1. The molecule has 0 saturated carbocycles. The third-order valence-corrected chi connectivity index (χ3v) is 5.03. The highest BCUT2D eigenvalue weighted by Crippen LogP contribution is 2.24. The van der Waals surface area contributed by atoms with Crippen molar-refractivity contribution in [3.8, 4) is 11.4 Å². The summed E-state index contributed by atoms with van der Waals surface area (Å²) in [6, 6.07) is 20.0. The number of aromatic nitrogens is 2. The molecular weight excluding hydrogens is 423 g/mol. The van der Waals surface area contributed by atoms with E-state index in [4.69, 9.17) is 4.74 Å². The molecule has 0 fully saturated rings. The van der Waals surface area contributed by atoms with E-state index in [1.54, 1.807) is 43.3 Å². The normalized spacial score (nSPS) is 10.7. The van der Waals surface area contributed by atoms with Gasteiger partial charge in [-0.25, -0.2) is 19.0 Å². The number of imidazole rings is 1. The monoisotopic (exact) mass is 446 g/mol. The summed E-state index contributed by atoms with van der Waals surface area (Å²) in [7, 11) is 0. The molecule has 2 N–H and O–H groups in total. The van der Waals surface area contributed by atoms with Crippen LogP contribution in [0, 0.1) is 5.82 Å². The maximum atomic E-state index is 13.4. The Balaban J connectivity index is 1.41. The van der Waals surface area contributed by atoms with Gasteiger partial charge in [0.1, 0.15) is 11.6 Å². The van der Waals surface area contributed by atoms with Gasteiger partial charge in [-0.05, 0) is 67.6 Å². The molecule has 3 aromatic carbocycles. The number of benzene rings is 3. The molecule has 4 rings (SSSR count). The second kappa shape index (κ2) is 9.95. The molecule has 7 nitrogen and oxygen atoms in total. The van der Waals surface area contributed by atoms with Crippen molar-refractivity contribution in [2.75, 3.05) is 18.5 Å². The van der Waals surface area contributed by atoms with Crippen LogP contribution in [0.25, 0.3) is 22.4 Å². The minimum Gasteiger partial charge on any atom is -0.462 e. The van der Waals surface area contributed by atoms with Crippen molar-refractivity contribution >= 4 is 28.7 Å². The van der Waals surface area contributed by atoms with Crippen LogP contribution in [-0.2, 0) is 11.3 Å². The topological polar surface area (TPSA) is 85.2 Å². The number of carbonyl (C=O) groups excluding carboxylic acids is 2. The Morgan fingerprint density at radius 2 is 1.73 bits per heavy atom. The maximum absolute atomic E-state index is 13.4. The van der Waals surface area contributed by atoms with Gasteiger partial charge in [0, 0.05) is 24.3 Å². The maximum Gasteiger partial charge on any atom is 0.338 e. The molecule has 0 aliphatic heterocycles. The average molecular weight is 446 g/mol. The Labute approximate surface area is 190 Å². The summed E-state index contributed by atoms with van der Waals surface area (Å²) >= 11 is 0.